The second kappa shape index (κ2) is 8.15. The van der Waals surface area contributed by atoms with Gasteiger partial charge in [0.1, 0.15) is 11.6 Å². The average molecular weight is 334 g/mol. The van der Waals surface area contributed by atoms with E-state index in [1.165, 1.54) is 5.56 Å². The van der Waals surface area contributed by atoms with E-state index < -0.39 is 0 Å². The first-order valence-electron chi connectivity index (χ1n) is 8.45. The molecule has 1 heterocycles. The first kappa shape index (κ1) is 16.8. The minimum absolute atomic E-state index is 0.541. The van der Waals surface area contributed by atoms with Crippen molar-refractivity contribution in [1.82, 2.24) is 9.97 Å². The molecule has 1 aromatic heterocycles. The normalized spacial score (nSPS) is 10.3. The van der Waals surface area contributed by atoms with Crippen LogP contribution in [-0.2, 0) is 6.42 Å². The van der Waals surface area contributed by atoms with Crippen LogP contribution >= 0.6 is 0 Å². The Balaban J connectivity index is 1.68. The molecule has 0 aliphatic heterocycles. The van der Waals surface area contributed by atoms with Crippen molar-refractivity contribution in [3.63, 3.8) is 0 Å². The number of hydrogen-bond donors (Lipinski definition) is 2. The maximum absolute atomic E-state index is 5.44. The fourth-order valence-electron chi connectivity index (χ4n) is 2.39. The fourth-order valence-corrected chi connectivity index (χ4v) is 2.39. The number of anilines is 4. The number of nitrogens with zero attached hydrogens (tertiary/aromatic N) is 2. The first-order chi connectivity index (χ1) is 12.3. The summed E-state index contributed by atoms with van der Waals surface area (Å²) in [4.78, 5) is 8.77. The summed E-state index contributed by atoms with van der Waals surface area (Å²) in [6.45, 7) is 4.77. The molecule has 5 nitrogen and oxygen atoms in total. The van der Waals surface area contributed by atoms with E-state index in [-0.39, 0.29) is 0 Å². The van der Waals surface area contributed by atoms with E-state index in [0.717, 1.165) is 29.4 Å². The molecule has 0 fully saturated rings. The number of aryl methyl sites for hydroxylation is 1. The van der Waals surface area contributed by atoms with E-state index in [1.54, 1.807) is 6.20 Å². The number of ether oxygens (including phenoxy) is 1. The van der Waals surface area contributed by atoms with E-state index in [0.29, 0.717) is 12.6 Å². The lowest BCUT2D eigenvalue weighted by molar-refractivity contribution is 0.340. The molecule has 3 aromatic rings. The van der Waals surface area contributed by atoms with Crippen LogP contribution in [0.4, 0.5) is 23.1 Å². The molecule has 2 N–H and O–H groups in total. The number of benzene rings is 2. The molecule has 2 aromatic carbocycles. The third-order valence-corrected chi connectivity index (χ3v) is 3.71. The van der Waals surface area contributed by atoms with Crippen LogP contribution in [0.2, 0.25) is 0 Å². The van der Waals surface area contributed by atoms with Crippen molar-refractivity contribution >= 4 is 23.1 Å². The van der Waals surface area contributed by atoms with Gasteiger partial charge in [-0.1, -0.05) is 19.1 Å². The minimum atomic E-state index is 0.541. The highest BCUT2D eigenvalue weighted by Crippen LogP contribution is 2.20. The lowest BCUT2D eigenvalue weighted by Gasteiger charge is -2.09. The van der Waals surface area contributed by atoms with Crippen molar-refractivity contribution in [3.05, 3.63) is 66.4 Å². The number of rotatable bonds is 7. The molecule has 0 amide bonds. The second-order valence-electron chi connectivity index (χ2n) is 5.52. The van der Waals surface area contributed by atoms with Crippen LogP contribution in [-0.4, -0.2) is 16.6 Å². The smallest absolute Gasteiger partial charge is 0.229 e. The Kier molecular flexibility index (Phi) is 5.46. The molecule has 0 unspecified atom stereocenters. The number of hydrogen-bond acceptors (Lipinski definition) is 5. The zero-order valence-corrected chi connectivity index (χ0v) is 14.5. The van der Waals surface area contributed by atoms with Gasteiger partial charge in [-0.05, 0) is 61.4 Å². The topological polar surface area (TPSA) is 59.1 Å². The van der Waals surface area contributed by atoms with Crippen molar-refractivity contribution in [3.8, 4) is 5.75 Å². The quantitative estimate of drug-likeness (QED) is 0.642. The maximum atomic E-state index is 5.44. The molecule has 0 bridgehead atoms. The van der Waals surface area contributed by atoms with Gasteiger partial charge in [0.2, 0.25) is 5.95 Å². The largest absolute Gasteiger partial charge is 0.494 e. The predicted molar refractivity (Wildman–Crippen MR) is 102 cm³/mol. The van der Waals surface area contributed by atoms with Crippen molar-refractivity contribution in [2.24, 2.45) is 0 Å². The van der Waals surface area contributed by atoms with E-state index in [9.17, 15) is 0 Å². The molecule has 25 heavy (non-hydrogen) atoms. The molecule has 5 heteroatoms. The zero-order chi connectivity index (χ0) is 17.5. The van der Waals surface area contributed by atoms with Gasteiger partial charge in [-0.2, -0.15) is 4.98 Å². The first-order valence-corrected chi connectivity index (χ1v) is 8.45. The van der Waals surface area contributed by atoms with Crippen molar-refractivity contribution in [1.29, 1.82) is 0 Å². The summed E-state index contributed by atoms with van der Waals surface area (Å²) in [5, 5.41) is 6.50. The third-order valence-electron chi connectivity index (χ3n) is 3.71. The van der Waals surface area contributed by atoms with E-state index >= 15 is 0 Å². The lowest BCUT2D eigenvalue weighted by Crippen LogP contribution is -2.00. The summed E-state index contributed by atoms with van der Waals surface area (Å²) in [6.07, 6.45) is 2.76. The van der Waals surface area contributed by atoms with Crippen molar-refractivity contribution in [2.45, 2.75) is 20.3 Å². The standard InChI is InChI=1S/C20H22N4O/c1-3-15-5-7-16(8-6-15)22-19-13-14-21-20(24-19)23-17-9-11-18(12-10-17)25-4-2/h5-14H,3-4H2,1-2H3,(H2,21,22,23,24). The fraction of sp³-hybridized carbons (Fsp3) is 0.200. The van der Waals surface area contributed by atoms with E-state index in [4.69, 9.17) is 4.74 Å². The Morgan fingerprint density at radius 1 is 0.840 bits per heavy atom. The molecular formula is C20H22N4O. The van der Waals surface area contributed by atoms with Crippen LogP contribution in [0.3, 0.4) is 0 Å². The Labute approximate surface area is 148 Å². The van der Waals surface area contributed by atoms with Gasteiger partial charge in [0.25, 0.3) is 0 Å². The monoisotopic (exact) mass is 334 g/mol. The van der Waals surface area contributed by atoms with Crippen LogP contribution in [0.5, 0.6) is 5.75 Å². The van der Waals surface area contributed by atoms with Gasteiger partial charge < -0.3 is 15.4 Å². The molecule has 0 aliphatic rings. The van der Waals surface area contributed by atoms with Gasteiger partial charge in [-0.15, -0.1) is 0 Å². The lowest BCUT2D eigenvalue weighted by atomic mass is 10.1. The molecule has 0 saturated heterocycles. The molecule has 0 saturated carbocycles. The minimum Gasteiger partial charge on any atom is -0.494 e. The van der Waals surface area contributed by atoms with Gasteiger partial charge in [-0.25, -0.2) is 4.98 Å². The third kappa shape index (κ3) is 4.70. The van der Waals surface area contributed by atoms with Crippen molar-refractivity contribution in [2.75, 3.05) is 17.2 Å². The molecule has 0 atom stereocenters. The van der Waals surface area contributed by atoms with Crippen LogP contribution in [0.1, 0.15) is 19.4 Å². The molecule has 0 spiro atoms. The van der Waals surface area contributed by atoms with Crippen molar-refractivity contribution < 1.29 is 4.74 Å². The molecular weight excluding hydrogens is 312 g/mol. The SMILES string of the molecule is CCOc1ccc(Nc2nccc(Nc3ccc(CC)cc3)n2)cc1. The van der Waals surface area contributed by atoms with Crippen LogP contribution in [0, 0.1) is 0 Å². The Bertz CT molecular complexity index is 801. The highest BCUT2D eigenvalue weighted by Gasteiger charge is 2.02. The Hall–Kier alpha value is -3.08. The van der Waals surface area contributed by atoms with Gasteiger partial charge in [0, 0.05) is 17.6 Å². The second-order valence-corrected chi connectivity index (χ2v) is 5.52. The van der Waals surface area contributed by atoms with Crippen LogP contribution in [0.25, 0.3) is 0 Å². The van der Waals surface area contributed by atoms with E-state index in [2.05, 4.69) is 51.8 Å². The Morgan fingerprint density at radius 3 is 2.20 bits per heavy atom. The highest BCUT2D eigenvalue weighted by atomic mass is 16.5. The molecule has 3 rings (SSSR count). The number of aromatic nitrogens is 2. The summed E-state index contributed by atoms with van der Waals surface area (Å²) in [5.41, 5.74) is 3.22. The summed E-state index contributed by atoms with van der Waals surface area (Å²) in [5.74, 6) is 2.13. The summed E-state index contributed by atoms with van der Waals surface area (Å²) in [7, 11) is 0. The van der Waals surface area contributed by atoms with Crippen LogP contribution in [0.15, 0.2) is 60.8 Å². The summed E-state index contributed by atoms with van der Waals surface area (Å²) in [6, 6.07) is 17.9. The summed E-state index contributed by atoms with van der Waals surface area (Å²) < 4.78 is 5.44. The van der Waals surface area contributed by atoms with E-state index in [1.807, 2.05) is 37.3 Å². The van der Waals surface area contributed by atoms with Crippen LogP contribution < -0.4 is 15.4 Å². The van der Waals surface area contributed by atoms with Gasteiger partial charge in [0.05, 0.1) is 6.61 Å². The van der Waals surface area contributed by atoms with Gasteiger partial charge in [0.15, 0.2) is 0 Å². The molecule has 0 radical (unpaired) electrons. The molecule has 0 aliphatic carbocycles. The molecule has 128 valence electrons. The average Bonchev–Trinajstić information content (AvgIpc) is 2.65. The summed E-state index contributed by atoms with van der Waals surface area (Å²) >= 11 is 0. The number of nitrogens with one attached hydrogen (secondary N) is 2. The maximum Gasteiger partial charge on any atom is 0.229 e. The zero-order valence-electron chi connectivity index (χ0n) is 14.5. The Morgan fingerprint density at radius 2 is 1.52 bits per heavy atom. The van der Waals surface area contributed by atoms with Gasteiger partial charge in [-0.3, -0.25) is 0 Å². The van der Waals surface area contributed by atoms with Gasteiger partial charge >= 0.3 is 0 Å². The highest BCUT2D eigenvalue weighted by molar-refractivity contribution is 5.60. The predicted octanol–water partition coefficient (Wildman–Crippen LogP) is 4.92.